The fraction of sp³-hybridized carbons (Fsp3) is 0.409. The lowest BCUT2D eigenvalue weighted by Crippen LogP contribution is -2.43. The van der Waals surface area contributed by atoms with Crippen molar-refractivity contribution in [2.45, 2.75) is 37.2 Å². The zero-order valence-electron chi connectivity index (χ0n) is 17.6. The Bertz CT molecular complexity index is 1030. The molecule has 3 rings (SSSR count). The number of likely N-dealkylation sites (tertiary alicyclic amines) is 1. The van der Waals surface area contributed by atoms with Crippen LogP contribution in [0.5, 0.6) is 0 Å². The third-order valence-electron chi connectivity index (χ3n) is 5.24. The standard InChI is InChI=1S/C22H26ClFN2O4S/c1-3-13-30-18-5-4-12-26(15-18)22(27)20-14-19(10-11-21(20)23)31(28,29)25(2)17-8-6-16(24)7-9-17/h6-11,14,18H,3-5,12-13,15H2,1-2H3. The van der Waals surface area contributed by atoms with E-state index in [0.29, 0.717) is 25.4 Å². The SMILES string of the molecule is CCCOC1CCCN(C(=O)c2cc(S(=O)(=O)N(C)c3ccc(F)cc3)ccc2Cl)C1. The summed E-state index contributed by atoms with van der Waals surface area (Å²) >= 11 is 6.27. The maximum Gasteiger partial charge on any atom is 0.264 e. The summed E-state index contributed by atoms with van der Waals surface area (Å²) in [4.78, 5) is 14.7. The molecule has 1 fully saturated rings. The summed E-state index contributed by atoms with van der Waals surface area (Å²) in [7, 11) is -2.60. The van der Waals surface area contributed by atoms with Crippen LogP contribution in [-0.4, -0.2) is 52.1 Å². The summed E-state index contributed by atoms with van der Waals surface area (Å²) in [5, 5.41) is 0.185. The van der Waals surface area contributed by atoms with Gasteiger partial charge in [-0.15, -0.1) is 0 Å². The van der Waals surface area contributed by atoms with E-state index in [1.54, 1.807) is 4.90 Å². The van der Waals surface area contributed by atoms with E-state index in [2.05, 4.69) is 0 Å². The van der Waals surface area contributed by atoms with Crippen LogP contribution >= 0.6 is 11.6 Å². The first-order valence-electron chi connectivity index (χ1n) is 10.2. The molecule has 9 heteroatoms. The van der Waals surface area contributed by atoms with Crippen molar-refractivity contribution in [2.24, 2.45) is 0 Å². The highest BCUT2D eigenvalue weighted by Gasteiger charge is 2.28. The molecule has 1 heterocycles. The summed E-state index contributed by atoms with van der Waals surface area (Å²) in [6, 6.07) is 9.19. The molecule has 0 aliphatic carbocycles. The Kier molecular flexibility index (Phi) is 7.56. The quantitative estimate of drug-likeness (QED) is 0.606. The Morgan fingerprint density at radius 2 is 1.97 bits per heavy atom. The van der Waals surface area contributed by atoms with Crippen LogP contribution in [0.25, 0.3) is 0 Å². The zero-order chi connectivity index (χ0) is 22.6. The molecule has 168 valence electrons. The van der Waals surface area contributed by atoms with Crippen molar-refractivity contribution in [2.75, 3.05) is 31.0 Å². The summed E-state index contributed by atoms with van der Waals surface area (Å²) in [5.74, 6) is -0.784. The number of sulfonamides is 1. The summed E-state index contributed by atoms with van der Waals surface area (Å²) in [5.41, 5.74) is 0.433. The Balaban J connectivity index is 1.85. The second-order valence-corrected chi connectivity index (χ2v) is 9.85. The average Bonchev–Trinajstić information content (AvgIpc) is 2.77. The lowest BCUT2D eigenvalue weighted by atomic mass is 10.1. The van der Waals surface area contributed by atoms with E-state index >= 15 is 0 Å². The number of hydrogen-bond acceptors (Lipinski definition) is 4. The van der Waals surface area contributed by atoms with Crippen LogP contribution < -0.4 is 4.31 Å². The van der Waals surface area contributed by atoms with Crippen LogP contribution in [0.3, 0.4) is 0 Å². The third kappa shape index (κ3) is 5.37. The van der Waals surface area contributed by atoms with Crippen molar-refractivity contribution in [1.82, 2.24) is 4.90 Å². The molecule has 0 radical (unpaired) electrons. The molecule has 0 aromatic heterocycles. The molecule has 2 aromatic rings. The predicted molar refractivity (Wildman–Crippen MR) is 119 cm³/mol. The van der Waals surface area contributed by atoms with Crippen molar-refractivity contribution < 1.29 is 22.3 Å². The van der Waals surface area contributed by atoms with Gasteiger partial charge in [0.15, 0.2) is 0 Å². The van der Waals surface area contributed by atoms with Gasteiger partial charge in [-0.1, -0.05) is 18.5 Å². The number of hydrogen-bond donors (Lipinski definition) is 0. The fourth-order valence-corrected chi connectivity index (χ4v) is 4.91. The lowest BCUT2D eigenvalue weighted by molar-refractivity contribution is 0.00211. The van der Waals surface area contributed by atoms with Gasteiger partial charge in [-0.2, -0.15) is 0 Å². The minimum atomic E-state index is -3.97. The number of ether oxygens (including phenoxy) is 1. The van der Waals surface area contributed by atoms with E-state index in [4.69, 9.17) is 16.3 Å². The molecule has 0 bridgehead atoms. The number of halogens is 2. The van der Waals surface area contributed by atoms with Crippen LogP contribution in [0.15, 0.2) is 47.4 Å². The normalized spacial score (nSPS) is 16.9. The third-order valence-corrected chi connectivity index (χ3v) is 7.35. The van der Waals surface area contributed by atoms with E-state index in [1.165, 1.54) is 49.5 Å². The highest BCUT2D eigenvalue weighted by atomic mass is 35.5. The van der Waals surface area contributed by atoms with Gasteiger partial charge in [-0.25, -0.2) is 12.8 Å². The predicted octanol–water partition coefficient (Wildman–Crippen LogP) is 4.34. The molecule has 1 aliphatic heterocycles. The summed E-state index contributed by atoms with van der Waals surface area (Å²) < 4.78 is 46.2. The van der Waals surface area contributed by atoms with E-state index < -0.39 is 15.8 Å². The molecule has 6 nitrogen and oxygen atoms in total. The number of amides is 1. The minimum Gasteiger partial charge on any atom is -0.376 e. The van der Waals surface area contributed by atoms with Gasteiger partial charge in [0.2, 0.25) is 0 Å². The van der Waals surface area contributed by atoms with Gasteiger partial charge in [0.25, 0.3) is 15.9 Å². The largest absolute Gasteiger partial charge is 0.376 e. The topological polar surface area (TPSA) is 66.9 Å². The van der Waals surface area contributed by atoms with Crippen LogP contribution in [0.4, 0.5) is 10.1 Å². The Labute approximate surface area is 187 Å². The molecule has 1 unspecified atom stereocenters. The number of piperidine rings is 1. The second kappa shape index (κ2) is 9.97. The highest BCUT2D eigenvalue weighted by Crippen LogP contribution is 2.27. The van der Waals surface area contributed by atoms with Crippen LogP contribution in [-0.2, 0) is 14.8 Å². The smallest absolute Gasteiger partial charge is 0.264 e. The van der Waals surface area contributed by atoms with Gasteiger partial charge in [0.05, 0.1) is 27.3 Å². The molecule has 0 saturated carbocycles. The molecular weight excluding hydrogens is 443 g/mol. The molecule has 1 amide bonds. The van der Waals surface area contributed by atoms with Crippen LogP contribution in [0.1, 0.15) is 36.5 Å². The van der Waals surface area contributed by atoms with Crippen molar-refractivity contribution in [3.63, 3.8) is 0 Å². The van der Waals surface area contributed by atoms with Crippen molar-refractivity contribution in [3.8, 4) is 0 Å². The molecule has 1 atom stereocenters. The van der Waals surface area contributed by atoms with Crippen molar-refractivity contribution >= 4 is 33.2 Å². The first-order chi connectivity index (χ1) is 14.7. The maximum absolute atomic E-state index is 13.2. The molecule has 1 aliphatic rings. The van der Waals surface area contributed by atoms with Gasteiger partial charge in [0.1, 0.15) is 5.82 Å². The number of anilines is 1. The number of rotatable bonds is 7. The Hall–Kier alpha value is -2.16. The maximum atomic E-state index is 13.2. The molecule has 2 aromatic carbocycles. The lowest BCUT2D eigenvalue weighted by Gasteiger charge is -2.33. The van der Waals surface area contributed by atoms with Gasteiger partial charge in [-0.05, 0) is 61.7 Å². The number of benzene rings is 2. The van der Waals surface area contributed by atoms with E-state index in [9.17, 15) is 17.6 Å². The minimum absolute atomic E-state index is 0.0343. The van der Waals surface area contributed by atoms with Crippen molar-refractivity contribution in [3.05, 3.63) is 58.9 Å². The Morgan fingerprint density at radius 3 is 2.65 bits per heavy atom. The fourth-order valence-electron chi connectivity index (χ4n) is 3.49. The van der Waals surface area contributed by atoms with Crippen LogP contribution in [0, 0.1) is 5.82 Å². The first kappa shape index (κ1) is 23.5. The van der Waals surface area contributed by atoms with Crippen molar-refractivity contribution in [1.29, 1.82) is 0 Å². The van der Waals surface area contributed by atoms with E-state index in [-0.39, 0.29) is 27.5 Å². The Morgan fingerprint density at radius 1 is 1.26 bits per heavy atom. The average molecular weight is 469 g/mol. The number of carbonyl (C=O) groups is 1. The van der Waals surface area contributed by atoms with Gasteiger partial charge >= 0.3 is 0 Å². The molecule has 31 heavy (non-hydrogen) atoms. The molecular formula is C22H26ClFN2O4S. The molecule has 1 saturated heterocycles. The first-order valence-corrected chi connectivity index (χ1v) is 12.0. The highest BCUT2D eigenvalue weighted by molar-refractivity contribution is 7.92. The van der Waals surface area contributed by atoms with Gasteiger partial charge in [-0.3, -0.25) is 9.10 Å². The zero-order valence-corrected chi connectivity index (χ0v) is 19.1. The number of carbonyl (C=O) groups excluding carboxylic acids is 1. The number of nitrogens with zero attached hydrogens (tertiary/aromatic N) is 2. The van der Waals surface area contributed by atoms with E-state index in [0.717, 1.165) is 23.6 Å². The van der Waals surface area contributed by atoms with Gasteiger partial charge in [0, 0.05) is 26.7 Å². The van der Waals surface area contributed by atoms with Gasteiger partial charge < -0.3 is 9.64 Å². The van der Waals surface area contributed by atoms with E-state index in [1.807, 2.05) is 6.92 Å². The molecule has 0 spiro atoms. The monoisotopic (exact) mass is 468 g/mol. The second-order valence-electron chi connectivity index (χ2n) is 7.48. The van der Waals surface area contributed by atoms with Crippen LogP contribution in [0.2, 0.25) is 5.02 Å². The molecule has 0 N–H and O–H groups in total. The summed E-state index contributed by atoms with van der Waals surface area (Å²) in [6.07, 6.45) is 2.56. The summed E-state index contributed by atoms with van der Waals surface area (Å²) in [6.45, 7) is 3.67.